The van der Waals surface area contributed by atoms with Crippen LogP contribution in [0.4, 0.5) is 5.95 Å². The first-order chi connectivity index (χ1) is 11.6. The van der Waals surface area contributed by atoms with Gasteiger partial charge in [0.1, 0.15) is 5.75 Å². The van der Waals surface area contributed by atoms with Crippen LogP contribution >= 0.6 is 11.6 Å². The van der Waals surface area contributed by atoms with E-state index in [2.05, 4.69) is 23.2 Å². The zero-order valence-electron chi connectivity index (χ0n) is 13.7. The van der Waals surface area contributed by atoms with Gasteiger partial charge in [0.05, 0.1) is 12.8 Å². The number of nitrogen functional groups attached to an aromatic ring is 1. The zero-order chi connectivity index (χ0) is 17.1. The number of nitrogens with zero attached hydrogens (tertiary/aromatic N) is 2. The van der Waals surface area contributed by atoms with Crippen molar-refractivity contribution in [2.45, 2.75) is 12.3 Å². The van der Waals surface area contributed by atoms with Crippen LogP contribution in [-0.4, -0.2) is 16.7 Å². The fraction of sp³-hybridized carbons (Fsp3) is 0.211. The van der Waals surface area contributed by atoms with Crippen molar-refractivity contribution in [3.05, 3.63) is 76.6 Å². The molecule has 0 saturated carbocycles. The van der Waals surface area contributed by atoms with E-state index in [1.165, 1.54) is 0 Å². The van der Waals surface area contributed by atoms with Gasteiger partial charge in [-0.3, -0.25) is 0 Å². The fourth-order valence-corrected chi connectivity index (χ4v) is 3.01. The maximum atomic E-state index is 6.13. The van der Waals surface area contributed by atoms with Crippen molar-refractivity contribution in [3.8, 4) is 5.75 Å². The average Bonchev–Trinajstić information content (AvgIpc) is 2.92. The van der Waals surface area contributed by atoms with Gasteiger partial charge in [-0.15, -0.1) is 0 Å². The maximum Gasteiger partial charge on any atom is 0.200 e. The molecule has 0 saturated heterocycles. The van der Waals surface area contributed by atoms with Crippen LogP contribution in [0.25, 0.3) is 0 Å². The van der Waals surface area contributed by atoms with Gasteiger partial charge in [-0.2, -0.15) is 0 Å². The number of halogens is 1. The second kappa shape index (κ2) is 6.97. The summed E-state index contributed by atoms with van der Waals surface area (Å²) in [5.74, 6) is 1.44. The summed E-state index contributed by atoms with van der Waals surface area (Å²) in [7, 11) is 3.56. The van der Waals surface area contributed by atoms with Crippen molar-refractivity contribution in [1.29, 1.82) is 0 Å². The normalized spacial score (nSPS) is 12.1. The van der Waals surface area contributed by atoms with Gasteiger partial charge in [0, 0.05) is 24.2 Å². The molecule has 124 valence electrons. The third-order valence-corrected chi connectivity index (χ3v) is 4.37. The number of nitrogens with two attached hydrogens (primary N) is 1. The first-order valence-electron chi connectivity index (χ1n) is 7.74. The summed E-state index contributed by atoms with van der Waals surface area (Å²) >= 11 is 6.13. The topological polar surface area (TPSA) is 53.1 Å². The van der Waals surface area contributed by atoms with Gasteiger partial charge >= 0.3 is 0 Å². The van der Waals surface area contributed by atoms with Crippen LogP contribution in [0.3, 0.4) is 0 Å². The summed E-state index contributed by atoms with van der Waals surface area (Å²) in [6, 6.07) is 16.0. The number of ether oxygens (including phenoxy) is 1. The number of hydrogen-bond donors (Lipinski definition) is 1. The molecular formula is C19H20ClN3O. The van der Waals surface area contributed by atoms with E-state index < -0.39 is 0 Å². The lowest BCUT2D eigenvalue weighted by Gasteiger charge is -2.16. The molecule has 2 aromatic carbocycles. The Morgan fingerprint density at radius 2 is 1.96 bits per heavy atom. The molecule has 3 aromatic rings. The highest BCUT2D eigenvalue weighted by atomic mass is 35.5. The van der Waals surface area contributed by atoms with E-state index in [1.807, 2.05) is 48.1 Å². The van der Waals surface area contributed by atoms with Crippen molar-refractivity contribution in [3.63, 3.8) is 0 Å². The second-order valence-electron chi connectivity index (χ2n) is 5.79. The Morgan fingerprint density at radius 3 is 2.54 bits per heavy atom. The van der Waals surface area contributed by atoms with Crippen LogP contribution in [0.15, 0.2) is 54.7 Å². The van der Waals surface area contributed by atoms with E-state index in [0.717, 1.165) is 34.0 Å². The van der Waals surface area contributed by atoms with Crippen LogP contribution in [0.1, 0.15) is 22.7 Å². The highest BCUT2D eigenvalue weighted by molar-refractivity contribution is 6.30. The summed E-state index contributed by atoms with van der Waals surface area (Å²) < 4.78 is 7.09. The van der Waals surface area contributed by atoms with Gasteiger partial charge in [-0.05, 0) is 41.8 Å². The maximum absolute atomic E-state index is 6.13. The van der Waals surface area contributed by atoms with Crippen LogP contribution in [-0.2, 0) is 13.5 Å². The Labute approximate surface area is 146 Å². The van der Waals surface area contributed by atoms with Crippen LogP contribution in [0, 0.1) is 0 Å². The minimum absolute atomic E-state index is 0.0953. The number of anilines is 1. The summed E-state index contributed by atoms with van der Waals surface area (Å²) in [5.41, 5.74) is 9.20. The second-order valence-corrected chi connectivity index (χ2v) is 6.23. The molecule has 0 aliphatic carbocycles. The smallest absolute Gasteiger partial charge is 0.200 e. The van der Waals surface area contributed by atoms with Gasteiger partial charge in [0.2, 0.25) is 0 Å². The number of imidazole rings is 1. The Kier molecular flexibility index (Phi) is 4.76. The highest BCUT2D eigenvalue weighted by Gasteiger charge is 2.19. The molecule has 24 heavy (non-hydrogen) atoms. The third-order valence-electron chi connectivity index (χ3n) is 4.13. The average molecular weight is 342 g/mol. The Bertz CT molecular complexity index is 807. The molecular weight excluding hydrogens is 322 g/mol. The van der Waals surface area contributed by atoms with Gasteiger partial charge in [0.15, 0.2) is 5.95 Å². The molecule has 1 atom stereocenters. The molecule has 1 unspecified atom stereocenters. The molecule has 0 bridgehead atoms. The number of benzene rings is 2. The van der Waals surface area contributed by atoms with E-state index in [-0.39, 0.29) is 5.92 Å². The standard InChI is InChI=1S/C19H20ClN3O/c1-23-12-18(22-19(23)21)17(11-13-4-3-5-15(20)10-13)14-6-8-16(24-2)9-7-14/h3-10,12,17H,11H2,1-2H3,(H2,21,22). The Morgan fingerprint density at radius 1 is 1.21 bits per heavy atom. The molecule has 1 heterocycles. The predicted octanol–water partition coefficient (Wildman–Crippen LogP) is 4.04. The van der Waals surface area contributed by atoms with Crippen molar-refractivity contribution < 1.29 is 4.74 Å². The summed E-state index contributed by atoms with van der Waals surface area (Å²) in [6.45, 7) is 0. The van der Waals surface area contributed by atoms with Crippen LogP contribution in [0.2, 0.25) is 5.02 Å². The van der Waals surface area contributed by atoms with Crippen LogP contribution in [0.5, 0.6) is 5.75 Å². The molecule has 0 amide bonds. The number of hydrogen-bond acceptors (Lipinski definition) is 3. The lowest BCUT2D eigenvalue weighted by Crippen LogP contribution is -2.06. The number of aryl methyl sites for hydroxylation is 1. The number of aromatic nitrogens is 2. The SMILES string of the molecule is COc1ccc(C(Cc2cccc(Cl)c2)c2cn(C)c(N)n2)cc1. The van der Waals surface area contributed by atoms with Gasteiger partial charge in [0.25, 0.3) is 0 Å². The summed E-state index contributed by atoms with van der Waals surface area (Å²) in [4.78, 5) is 4.52. The minimum Gasteiger partial charge on any atom is -0.497 e. The molecule has 3 rings (SSSR count). The minimum atomic E-state index is 0.0953. The molecule has 1 aromatic heterocycles. The van der Waals surface area contributed by atoms with E-state index in [1.54, 1.807) is 7.11 Å². The molecule has 0 fully saturated rings. The predicted molar refractivity (Wildman–Crippen MR) is 97.6 cm³/mol. The van der Waals surface area contributed by atoms with Gasteiger partial charge in [-0.1, -0.05) is 35.9 Å². The fourth-order valence-electron chi connectivity index (χ4n) is 2.80. The highest BCUT2D eigenvalue weighted by Crippen LogP contribution is 2.30. The molecule has 5 heteroatoms. The summed E-state index contributed by atoms with van der Waals surface area (Å²) in [5, 5.41) is 0.738. The number of rotatable bonds is 5. The molecule has 0 aliphatic rings. The van der Waals surface area contributed by atoms with E-state index in [9.17, 15) is 0 Å². The van der Waals surface area contributed by atoms with Crippen molar-refractivity contribution in [2.24, 2.45) is 7.05 Å². The molecule has 2 N–H and O–H groups in total. The molecule has 0 aliphatic heterocycles. The van der Waals surface area contributed by atoms with Gasteiger partial charge in [-0.25, -0.2) is 4.98 Å². The first kappa shape index (κ1) is 16.4. The molecule has 0 spiro atoms. The Balaban J connectivity index is 1.99. The largest absolute Gasteiger partial charge is 0.497 e. The monoisotopic (exact) mass is 341 g/mol. The Hall–Kier alpha value is -2.46. The van der Waals surface area contributed by atoms with Crippen molar-refractivity contribution in [1.82, 2.24) is 9.55 Å². The van der Waals surface area contributed by atoms with Crippen LogP contribution < -0.4 is 10.5 Å². The lowest BCUT2D eigenvalue weighted by atomic mass is 9.89. The van der Waals surface area contributed by atoms with Gasteiger partial charge < -0.3 is 15.0 Å². The third kappa shape index (κ3) is 3.54. The van der Waals surface area contributed by atoms with E-state index in [4.69, 9.17) is 22.1 Å². The summed E-state index contributed by atoms with van der Waals surface area (Å²) in [6.07, 6.45) is 2.78. The van der Waals surface area contributed by atoms with E-state index in [0.29, 0.717) is 5.95 Å². The molecule has 4 nitrogen and oxygen atoms in total. The van der Waals surface area contributed by atoms with E-state index >= 15 is 0 Å². The van der Waals surface area contributed by atoms with Crippen molar-refractivity contribution >= 4 is 17.5 Å². The van der Waals surface area contributed by atoms with Crippen molar-refractivity contribution in [2.75, 3.05) is 12.8 Å². The molecule has 0 radical (unpaired) electrons. The number of methoxy groups -OCH3 is 1. The quantitative estimate of drug-likeness (QED) is 0.762. The first-order valence-corrected chi connectivity index (χ1v) is 8.11. The lowest BCUT2D eigenvalue weighted by molar-refractivity contribution is 0.414. The zero-order valence-corrected chi connectivity index (χ0v) is 14.5.